The number of hydrogen-bond acceptors (Lipinski definition) is 4. The van der Waals surface area contributed by atoms with Crippen molar-refractivity contribution in [1.82, 2.24) is 15.1 Å². The third-order valence-electron chi connectivity index (χ3n) is 2.96. The van der Waals surface area contributed by atoms with Gasteiger partial charge in [0.05, 0.1) is 6.26 Å². The molecule has 0 aliphatic carbocycles. The van der Waals surface area contributed by atoms with Crippen molar-refractivity contribution in [3.05, 3.63) is 30.2 Å². The molecule has 6 heteroatoms. The molecule has 1 aromatic heterocycles. The summed E-state index contributed by atoms with van der Waals surface area (Å²) in [6, 6.07) is 3.55. The molecular weight excluding hydrogens is 262 g/mol. The fourth-order valence-electron chi connectivity index (χ4n) is 1.78. The van der Waals surface area contributed by atoms with Gasteiger partial charge >= 0.3 is 0 Å². The zero-order valence-electron chi connectivity index (χ0n) is 10.8. The summed E-state index contributed by atoms with van der Waals surface area (Å²) >= 11 is 5.22. The fourth-order valence-corrected chi connectivity index (χ4v) is 2.06. The molecule has 2 heterocycles. The zero-order chi connectivity index (χ0) is 13.7. The summed E-state index contributed by atoms with van der Waals surface area (Å²) in [6.45, 7) is 3.60. The van der Waals surface area contributed by atoms with E-state index in [0.29, 0.717) is 10.9 Å². The maximum absolute atomic E-state index is 11.7. The van der Waals surface area contributed by atoms with Gasteiger partial charge in [-0.2, -0.15) is 0 Å². The van der Waals surface area contributed by atoms with Crippen LogP contribution in [-0.4, -0.2) is 54.0 Å². The molecule has 1 amide bonds. The molecule has 1 aromatic rings. The van der Waals surface area contributed by atoms with E-state index in [1.165, 1.54) is 6.08 Å². The minimum atomic E-state index is -0.236. The summed E-state index contributed by atoms with van der Waals surface area (Å²) in [7, 11) is 2.07. The molecule has 102 valence electrons. The predicted octanol–water partition coefficient (Wildman–Crippen LogP) is 0.941. The number of piperazine rings is 1. The number of carbonyl (C=O) groups is 1. The van der Waals surface area contributed by atoms with Crippen molar-refractivity contribution in [2.24, 2.45) is 0 Å². The van der Waals surface area contributed by atoms with Gasteiger partial charge in [0.2, 0.25) is 5.91 Å². The van der Waals surface area contributed by atoms with Gasteiger partial charge in [0.15, 0.2) is 5.11 Å². The van der Waals surface area contributed by atoms with Crippen LogP contribution < -0.4 is 5.32 Å². The molecule has 5 nitrogen and oxygen atoms in total. The van der Waals surface area contributed by atoms with Crippen molar-refractivity contribution >= 4 is 29.3 Å². The lowest BCUT2D eigenvalue weighted by atomic mass is 10.3. The van der Waals surface area contributed by atoms with Crippen molar-refractivity contribution in [2.75, 3.05) is 33.2 Å². The number of furan rings is 1. The first-order chi connectivity index (χ1) is 9.15. The zero-order valence-corrected chi connectivity index (χ0v) is 11.7. The Bertz CT molecular complexity index is 462. The monoisotopic (exact) mass is 279 g/mol. The fraction of sp³-hybridized carbons (Fsp3) is 0.385. The molecule has 0 atom stereocenters. The lowest BCUT2D eigenvalue weighted by Gasteiger charge is -2.33. The van der Waals surface area contributed by atoms with Crippen molar-refractivity contribution < 1.29 is 9.21 Å². The number of nitrogens with zero attached hydrogens (tertiary/aromatic N) is 2. The van der Waals surface area contributed by atoms with Gasteiger partial charge in [-0.15, -0.1) is 0 Å². The largest absolute Gasteiger partial charge is 0.465 e. The summed E-state index contributed by atoms with van der Waals surface area (Å²) in [5.74, 6) is 0.404. The van der Waals surface area contributed by atoms with E-state index in [-0.39, 0.29) is 5.91 Å². The molecule has 0 unspecified atom stereocenters. The molecule has 1 fully saturated rings. The lowest BCUT2D eigenvalue weighted by Crippen LogP contribution is -2.51. The van der Waals surface area contributed by atoms with Crippen LogP contribution in [-0.2, 0) is 4.79 Å². The second-order valence-electron chi connectivity index (χ2n) is 4.43. The molecule has 0 radical (unpaired) electrons. The van der Waals surface area contributed by atoms with Gasteiger partial charge in [0.25, 0.3) is 0 Å². The Morgan fingerprint density at radius 2 is 2.16 bits per heavy atom. The van der Waals surface area contributed by atoms with Gasteiger partial charge in [-0.3, -0.25) is 10.1 Å². The predicted molar refractivity (Wildman–Crippen MR) is 77.6 cm³/mol. The van der Waals surface area contributed by atoms with E-state index in [1.54, 1.807) is 24.5 Å². The maximum atomic E-state index is 11.7. The van der Waals surface area contributed by atoms with Crippen LogP contribution in [0.25, 0.3) is 6.08 Å². The number of rotatable bonds is 2. The molecular formula is C13H17N3O2S. The summed E-state index contributed by atoms with van der Waals surface area (Å²) in [4.78, 5) is 15.9. The van der Waals surface area contributed by atoms with Crippen LogP contribution in [0, 0.1) is 0 Å². The number of likely N-dealkylation sites (N-methyl/N-ethyl adjacent to an activating group) is 1. The van der Waals surface area contributed by atoms with Crippen molar-refractivity contribution in [3.63, 3.8) is 0 Å². The lowest BCUT2D eigenvalue weighted by molar-refractivity contribution is -0.115. The third-order valence-corrected chi connectivity index (χ3v) is 3.32. The Kier molecular flexibility index (Phi) is 4.70. The number of nitrogens with one attached hydrogen (secondary N) is 1. The molecule has 0 aromatic carbocycles. The van der Waals surface area contributed by atoms with Gasteiger partial charge in [0, 0.05) is 32.3 Å². The van der Waals surface area contributed by atoms with Gasteiger partial charge in [-0.05, 0) is 37.5 Å². The van der Waals surface area contributed by atoms with Crippen LogP contribution >= 0.6 is 12.2 Å². The van der Waals surface area contributed by atoms with Crippen LogP contribution in [0.15, 0.2) is 28.9 Å². The second-order valence-corrected chi connectivity index (χ2v) is 4.82. The molecule has 1 aliphatic heterocycles. The van der Waals surface area contributed by atoms with E-state index in [1.807, 2.05) is 4.90 Å². The summed E-state index contributed by atoms with van der Waals surface area (Å²) in [5, 5.41) is 3.19. The van der Waals surface area contributed by atoms with Crippen LogP contribution in [0.5, 0.6) is 0 Å². The van der Waals surface area contributed by atoms with E-state index in [9.17, 15) is 4.79 Å². The second kappa shape index (κ2) is 6.49. The van der Waals surface area contributed by atoms with E-state index in [2.05, 4.69) is 17.3 Å². The van der Waals surface area contributed by atoms with Crippen molar-refractivity contribution in [2.45, 2.75) is 0 Å². The van der Waals surface area contributed by atoms with Crippen LogP contribution in [0.4, 0.5) is 0 Å². The summed E-state index contributed by atoms with van der Waals surface area (Å²) in [5.41, 5.74) is 0. The van der Waals surface area contributed by atoms with Gasteiger partial charge in [-0.1, -0.05) is 0 Å². The average molecular weight is 279 g/mol. The third kappa shape index (κ3) is 4.18. The van der Waals surface area contributed by atoms with Crippen LogP contribution in [0.2, 0.25) is 0 Å². The highest BCUT2D eigenvalue weighted by Gasteiger charge is 2.16. The van der Waals surface area contributed by atoms with Gasteiger partial charge in [0.1, 0.15) is 5.76 Å². The molecule has 0 spiro atoms. The molecule has 19 heavy (non-hydrogen) atoms. The van der Waals surface area contributed by atoms with Crippen LogP contribution in [0.3, 0.4) is 0 Å². The Labute approximate surface area is 117 Å². The maximum Gasteiger partial charge on any atom is 0.250 e. The topological polar surface area (TPSA) is 48.7 Å². The highest BCUT2D eigenvalue weighted by atomic mass is 32.1. The number of carbonyl (C=O) groups excluding carboxylic acids is 1. The molecule has 1 aliphatic rings. The minimum Gasteiger partial charge on any atom is -0.465 e. The van der Waals surface area contributed by atoms with E-state index in [4.69, 9.17) is 16.6 Å². The first-order valence-electron chi connectivity index (χ1n) is 6.15. The molecule has 0 saturated carbocycles. The van der Waals surface area contributed by atoms with Gasteiger partial charge in [-0.25, -0.2) is 0 Å². The highest BCUT2D eigenvalue weighted by Crippen LogP contribution is 2.02. The highest BCUT2D eigenvalue weighted by molar-refractivity contribution is 7.80. The van der Waals surface area contributed by atoms with Gasteiger partial charge < -0.3 is 14.2 Å². The van der Waals surface area contributed by atoms with Crippen LogP contribution in [0.1, 0.15) is 5.76 Å². The SMILES string of the molecule is CN1CCN(C(=S)NC(=O)/C=C\c2ccco2)CC1. The first-order valence-corrected chi connectivity index (χ1v) is 6.56. The molecule has 0 bridgehead atoms. The summed E-state index contributed by atoms with van der Waals surface area (Å²) < 4.78 is 5.10. The van der Waals surface area contributed by atoms with Crippen molar-refractivity contribution in [1.29, 1.82) is 0 Å². The molecule has 1 N–H and O–H groups in total. The Morgan fingerprint density at radius 1 is 1.42 bits per heavy atom. The minimum absolute atomic E-state index is 0.236. The quantitative estimate of drug-likeness (QED) is 0.645. The Hall–Kier alpha value is -1.66. The number of thiocarbonyl (C=S) groups is 1. The van der Waals surface area contributed by atoms with E-state index >= 15 is 0 Å². The molecule has 1 saturated heterocycles. The van der Waals surface area contributed by atoms with Crippen molar-refractivity contribution in [3.8, 4) is 0 Å². The first kappa shape index (κ1) is 13.8. The number of hydrogen-bond donors (Lipinski definition) is 1. The standard InChI is InChI=1S/C13H17N3O2S/c1-15-6-8-16(9-7-15)13(19)14-12(17)5-4-11-3-2-10-18-11/h2-5,10H,6-9H2,1H3,(H,14,17,19)/b5-4-. The average Bonchev–Trinajstić information content (AvgIpc) is 2.90. The summed E-state index contributed by atoms with van der Waals surface area (Å²) in [6.07, 6.45) is 4.59. The Morgan fingerprint density at radius 3 is 2.79 bits per heavy atom. The number of amides is 1. The van der Waals surface area contributed by atoms with E-state index < -0.39 is 0 Å². The normalized spacial score (nSPS) is 16.8. The Balaban J connectivity index is 1.80. The smallest absolute Gasteiger partial charge is 0.250 e. The molecule has 2 rings (SSSR count). The van der Waals surface area contributed by atoms with E-state index in [0.717, 1.165) is 26.2 Å².